The summed E-state index contributed by atoms with van der Waals surface area (Å²) in [6.07, 6.45) is 3.58. The predicted molar refractivity (Wildman–Crippen MR) is 127 cm³/mol. The van der Waals surface area contributed by atoms with Crippen molar-refractivity contribution in [1.82, 2.24) is 24.5 Å². The number of anilines is 3. The first-order valence-electron chi connectivity index (χ1n) is 11.1. The van der Waals surface area contributed by atoms with E-state index >= 15 is 0 Å². The van der Waals surface area contributed by atoms with E-state index in [1.807, 2.05) is 12.1 Å². The molecule has 1 aliphatic heterocycles. The molecule has 1 aromatic carbocycles. The van der Waals surface area contributed by atoms with Crippen LogP contribution < -0.4 is 20.7 Å². The van der Waals surface area contributed by atoms with Crippen molar-refractivity contribution in [3.63, 3.8) is 0 Å². The summed E-state index contributed by atoms with van der Waals surface area (Å²) in [5.41, 5.74) is 8.93. The van der Waals surface area contributed by atoms with Gasteiger partial charge in [0.15, 0.2) is 11.5 Å². The number of benzene rings is 1. The molecule has 34 heavy (non-hydrogen) atoms. The van der Waals surface area contributed by atoms with Crippen molar-refractivity contribution in [3.05, 3.63) is 49.1 Å². The van der Waals surface area contributed by atoms with Crippen molar-refractivity contribution in [2.45, 2.75) is 19.9 Å². The lowest BCUT2D eigenvalue weighted by Gasteiger charge is -2.38. The molecule has 5 rings (SSSR count). The van der Waals surface area contributed by atoms with Gasteiger partial charge in [0.1, 0.15) is 12.6 Å². The number of ether oxygens (including phenoxy) is 1. The molecule has 1 amide bonds. The van der Waals surface area contributed by atoms with Crippen LogP contribution in [0, 0.1) is 0 Å². The van der Waals surface area contributed by atoms with E-state index in [9.17, 15) is 4.79 Å². The Kier molecular flexibility index (Phi) is 5.76. The van der Waals surface area contributed by atoms with Crippen LogP contribution in [0.3, 0.4) is 0 Å². The second kappa shape index (κ2) is 9.02. The number of primary amides is 1. The van der Waals surface area contributed by atoms with Crippen molar-refractivity contribution in [3.8, 4) is 17.2 Å². The van der Waals surface area contributed by atoms with Gasteiger partial charge < -0.3 is 25.1 Å². The Morgan fingerprint density at radius 2 is 1.91 bits per heavy atom. The van der Waals surface area contributed by atoms with Crippen molar-refractivity contribution in [1.29, 1.82) is 0 Å². The number of carbonyl (C=O) groups is 1. The molecular formula is C23H26N8O3. The fraction of sp³-hybridized carbons (Fsp3) is 0.304. The monoisotopic (exact) mass is 462 g/mol. The van der Waals surface area contributed by atoms with E-state index in [0.29, 0.717) is 28.8 Å². The summed E-state index contributed by atoms with van der Waals surface area (Å²) in [6, 6.07) is 10.4. The lowest BCUT2D eigenvalue weighted by molar-refractivity contribution is 0.198. The summed E-state index contributed by atoms with van der Waals surface area (Å²) in [4.78, 5) is 24.7. The highest BCUT2D eigenvalue weighted by atomic mass is 16.6. The molecule has 3 N–H and O–H groups in total. The van der Waals surface area contributed by atoms with Crippen LogP contribution >= 0.6 is 0 Å². The van der Waals surface area contributed by atoms with Crippen LogP contribution in [0.4, 0.5) is 22.0 Å². The van der Waals surface area contributed by atoms with Crippen LogP contribution in [0.2, 0.25) is 0 Å². The lowest BCUT2D eigenvalue weighted by Crippen LogP contribution is -2.48. The zero-order valence-corrected chi connectivity index (χ0v) is 19.0. The Bertz CT molecular complexity index is 1290. The van der Waals surface area contributed by atoms with E-state index in [4.69, 9.17) is 14.9 Å². The van der Waals surface area contributed by atoms with E-state index in [-0.39, 0.29) is 5.95 Å². The first-order chi connectivity index (χ1) is 16.5. The third-order valence-corrected chi connectivity index (χ3v) is 5.92. The number of piperazine rings is 1. The zero-order valence-electron chi connectivity index (χ0n) is 19.0. The van der Waals surface area contributed by atoms with Gasteiger partial charge in [0.2, 0.25) is 0 Å². The van der Waals surface area contributed by atoms with E-state index in [0.717, 1.165) is 31.9 Å². The number of nitrogens with one attached hydrogen (secondary N) is 1. The fourth-order valence-electron chi connectivity index (χ4n) is 4.09. The van der Waals surface area contributed by atoms with Crippen molar-refractivity contribution in [2.75, 3.05) is 36.4 Å². The Morgan fingerprint density at radius 3 is 2.62 bits per heavy atom. The van der Waals surface area contributed by atoms with Gasteiger partial charge in [-0.25, -0.2) is 19.3 Å². The molecule has 3 aromatic heterocycles. The second-order valence-electron chi connectivity index (χ2n) is 8.35. The number of aromatic nitrogens is 4. The third kappa shape index (κ3) is 4.37. The summed E-state index contributed by atoms with van der Waals surface area (Å²) in [7, 11) is 0. The SMILES string of the molecule is CC(C)N1CCN(c2ccc(Nc3ncc(-c4coc(OC(N)=O)c4)n4ncnc34)cc2)CC1. The maximum atomic E-state index is 10.9. The Hall–Kier alpha value is -4.12. The Balaban J connectivity index is 1.32. The van der Waals surface area contributed by atoms with E-state index in [2.05, 4.69) is 56.2 Å². The molecule has 0 spiro atoms. The molecule has 0 bridgehead atoms. The van der Waals surface area contributed by atoms with Gasteiger partial charge >= 0.3 is 6.09 Å². The van der Waals surface area contributed by atoms with Gasteiger partial charge in [-0.2, -0.15) is 5.10 Å². The minimum Gasteiger partial charge on any atom is -0.433 e. The number of hydrogen-bond donors (Lipinski definition) is 2. The van der Waals surface area contributed by atoms with Gasteiger partial charge in [0.05, 0.1) is 11.9 Å². The Labute approximate surface area is 196 Å². The highest BCUT2D eigenvalue weighted by Gasteiger charge is 2.19. The van der Waals surface area contributed by atoms with Gasteiger partial charge in [-0.3, -0.25) is 4.90 Å². The molecule has 11 nitrogen and oxygen atoms in total. The minimum atomic E-state index is -0.951. The molecule has 0 unspecified atom stereocenters. The summed E-state index contributed by atoms with van der Waals surface area (Å²) in [5.74, 6) is 0.556. The molecule has 0 atom stereocenters. The highest BCUT2D eigenvalue weighted by Crippen LogP contribution is 2.29. The maximum absolute atomic E-state index is 10.9. The quantitative estimate of drug-likeness (QED) is 0.444. The summed E-state index contributed by atoms with van der Waals surface area (Å²) in [5, 5.41) is 7.63. The topological polar surface area (TPSA) is 127 Å². The first kappa shape index (κ1) is 21.7. The van der Waals surface area contributed by atoms with Gasteiger partial charge in [0.25, 0.3) is 5.95 Å². The third-order valence-electron chi connectivity index (χ3n) is 5.92. The van der Waals surface area contributed by atoms with Gasteiger partial charge in [-0.1, -0.05) is 0 Å². The number of nitrogens with zero attached hydrogens (tertiary/aromatic N) is 6. The number of furan rings is 1. The molecule has 1 fully saturated rings. The van der Waals surface area contributed by atoms with E-state index in [1.54, 1.807) is 10.7 Å². The minimum absolute atomic E-state index is 0.0105. The standard InChI is InChI=1S/C23H26N8O3/c1-15(2)29-7-9-30(10-8-29)18-5-3-17(4-6-18)28-21-22-26-14-27-31(22)19(12-25-21)16-11-20(33-13-16)34-23(24)32/h3-6,11-15H,7-10H2,1-2H3,(H2,24,32)(H,25,28). The summed E-state index contributed by atoms with van der Waals surface area (Å²) < 4.78 is 11.6. The van der Waals surface area contributed by atoms with Gasteiger partial charge in [-0.15, -0.1) is 0 Å². The van der Waals surface area contributed by atoms with Crippen LogP contribution in [-0.2, 0) is 0 Å². The van der Waals surface area contributed by atoms with E-state index in [1.165, 1.54) is 24.3 Å². The molecule has 0 aliphatic carbocycles. The molecule has 0 radical (unpaired) electrons. The number of nitrogens with two attached hydrogens (primary N) is 1. The molecule has 4 aromatic rings. The normalized spacial score (nSPS) is 14.6. The number of carbonyl (C=O) groups excluding carboxylic acids is 1. The molecule has 176 valence electrons. The molecule has 1 saturated heterocycles. The van der Waals surface area contributed by atoms with Crippen molar-refractivity contribution in [2.24, 2.45) is 5.73 Å². The lowest BCUT2D eigenvalue weighted by atomic mass is 10.2. The molecular weight excluding hydrogens is 436 g/mol. The van der Waals surface area contributed by atoms with Gasteiger partial charge in [0, 0.05) is 55.2 Å². The van der Waals surface area contributed by atoms with Crippen LogP contribution in [0.5, 0.6) is 5.95 Å². The second-order valence-corrected chi connectivity index (χ2v) is 8.35. The van der Waals surface area contributed by atoms with Crippen molar-refractivity contribution >= 4 is 28.9 Å². The molecule has 11 heteroatoms. The van der Waals surface area contributed by atoms with Crippen LogP contribution in [0.25, 0.3) is 16.9 Å². The first-order valence-corrected chi connectivity index (χ1v) is 11.1. The van der Waals surface area contributed by atoms with Crippen LogP contribution in [0.15, 0.2) is 53.5 Å². The van der Waals surface area contributed by atoms with Crippen molar-refractivity contribution < 1.29 is 13.9 Å². The molecule has 4 heterocycles. The largest absolute Gasteiger partial charge is 0.433 e. The molecule has 1 aliphatic rings. The van der Waals surface area contributed by atoms with Gasteiger partial charge in [-0.05, 0) is 38.1 Å². The van der Waals surface area contributed by atoms with E-state index < -0.39 is 6.09 Å². The average Bonchev–Trinajstić information content (AvgIpc) is 3.50. The summed E-state index contributed by atoms with van der Waals surface area (Å²) in [6.45, 7) is 8.68. The predicted octanol–water partition coefficient (Wildman–Crippen LogP) is 3.12. The Morgan fingerprint density at radius 1 is 1.15 bits per heavy atom. The number of rotatable bonds is 6. The zero-order chi connectivity index (χ0) is 23.7. The number of fused-ring (bicyclic) bond motifs is 1. The maximum Gasteiger partial charge on any atom is 0.412 e. The van der Waals surface area contributed by atoms with Crippen LogP contribution in [-0.4, -0.2) is 62.8 Å². The number of amides is 1. The number of hydrogen-bond acceptors (Lipinski definition) is 9. The highest BCUT2D eigenvalue weighted by molar-refractivity contribution is 5.74. The average molecular weight is 463 g/mol. The van der Waals surface area contributed by atoms with Crippen LogP contribution in [0.1, 0.15) is 13.8 Å². The summed E-state index contributed by atoms with van der Waals surface area (Å²) >= 11 is 0. The fourth-order valence-corrected chi connectivity index (χ4v) is 4.09. The smallest absolute Gasteiger partial charge is 0.412 e. The molecule has 0 saturated carbocycles.